The van der Waals surface area contributed by atoms with E-state index in [9.17, 15) is 9.59 Å². The van der Waals surface area contributed by atoms with Crippen molar-refractivity contribution in [2.45, 2.75) is 25.7 Å². The predicted octanol–water partition coefficient (Wildman–Crippen LogP) is 3.42. The largest absolute Gasteiger partial charge is 0.356 e. The molecule has 0 radical (unpaired) electrons. The minimum Gasteiger partial charge on any atom is -0.356 e. The maximum absolute atomic E-state index is 12.8. The van der Waals surface area contributed by atoms with Crippen LogP contribution in [0.2, 0.25) is 0 Å². The van der Waals surface area contributed by atoms with Crippen LogP contribution >= 0.6 is 0 Å². The van der Waals surface area contributed by atoms with E-state index in [0.29, 0.717) is 12.1 Å². The molecule has 0 bridgehead atoms. The molecular formula is C22H25N3O2. The summed E-state index contributed by atoms with van der Waals surface area (Å²) in [5, 5.41) is 0. The van der Waals surface area contributed by atoms with Crippen LogP contribution in [0.15, 0.2) is 48.7 Å². The summed E-state index contributed by atoms with van der Waals surface area (Å²) in [5.74, 6) is 1.06. The second kappa shape index (κ2) is 7.91. The van der Waals surface area contributed by atoms with Gasteiger partial charge in [-0.15, -0.1) is 0 Å². The van der Waals surface area contributed by atoms with Crippen molar-refractivity contribution in [3.8, 4) is 0 Å². The monoisotopic (exact) mass is 363 g/mol. The highest BCUT2D eigenvalue weighted by molar-refractivity contribution is 5.98. The molecule has 2 aromatic rings. The number of hydrogen-bond donors (Lipinski definition) is 0. The first kappa shape index (κ1) is 17.7. The number of rotatable bonds is 4. The smallest absolute Gasteiger partial charge is 0.254 e. The van der Waals surface area contributed by atoms with Crippen LogP contribution in [0, 0.1) is 5.92 Å². The lowest BCUT2D eigenvalue weighted by Crippen LogP contribution is -2.39. The van der Waals surface area contributed by atoms with Gasteiger partial charge < -0.3 is 9.80 Å². The molecule has 2 fully saturated rings. The molecule has 0 aliphatic carbocycles. The molecule has 0 spiro atoms. The Morgan fingerprint density at radius 3 is 2.48 bits per heavy atom. The lowest BCUT2D eigenvalue weighted by Gasteiger charge is -2.33. The lowest BCUT2D eigenvalue weighted by atomic mass is 9.90. The molecule has 1 unspecified atom stereocenters. The van der Waals surface area contributed by atoms with Gasteiger partial charge in [-0.1, -0.05) is 30.3 Å². The van der Waals surface area contributed by atoms with Gasteiger partial charge >= 0.3 is 0 Å². The number of nitrogens with zero attached hydrogens (tertiary/aromatic N) is 3. The fourth-order valence-electron chi connectivity index (χ4n) is 4.06. The fraction of sp³-hybridized carbons (Fsp3) is 0.409. The Hall–Kier alpha value is -2.69. The van der Waals surface area contributed by atoms with Crippen molar-refractivity contribution in [3.63, 3.8) is 0 Å². The van der Waals surface area contributed by atoms with Crippen LogP contribution in [0.4, 0.5) is 5.82 Å². The summed E-state index contributed by atoms with van der Waals surface area (Å²) in [7, 11) is 0. The summed E-state index contributed by atoms with van der Waals surface area (Å²) in [4.78, 5) is 34.0. The number of ketones is 1. The summed E-state index contributed by atoms with van der Waals surface area (Å²) in [6, 6.07) is 13.2. The maximum Gasteiger partial charge on any atom is 0.254 e. The number of pyridine rings is 1. The molecule has 2 saturated heterocycles. The van der Waals surface area contributed by atoms with Gasteiger partial charge in [0.15, 0.2) is 5.78 Å². The number of hydrogen-bond acceptors (Lipinski definition) is 4. The van der Waals surface area contributed by atoms with Crippen molar-refractivity contribution in [1.29, 1.82) is 0 Å². The first-order chi connectivity index (χ1) is 13.2. The van der Waals surface area contributed by atoms with Crippen molar-refractivity contribution >= 4 is 17.5 Å². The van der Waals surface area contributed by atoms with Crippen LogP contribution in [0.5, 0.6) is 0 Å². The van der Waals surface area contributed by atoms with Crippen LogP contribution in [0.1, 0.15) is 46.4 Å². The summed E-state index contributed by atoms with van der Waals surface area (Å²) in [5.41, 5.74) is 1.47. The van der Waals surface area contributed by atoms with E-state index in [4.69, 9.17) is 0 Å². The summed E-state index contributed by atoms with van der Waals surface area (Å²) >= 11 is 0. The van der Waals surface area contributed by atoms with Gasteiger partial charge in [-0.25, -0.2) is 4.98 Å². The van der Waals surface area contributed by atoms with Crippen molar-refractivity contribution in [2.24, 2.45) is 5.92 Å². The SMILES string of the molecule is O=C(c1ccccc1)C1CCCN(c2cc(C(=O)N3CCCC3)ccn2)C1. The fourth-order valence-corrected chi connectivity index (χ4v) is 4.06. The van der Waals surface area contributed by atoms with Gasteiger partial charge in [0.1, 0.15) is 5.82 Å². The van der Waals surface area contributed by atoms with E-state index in [0.717, 1.165) is 56.7 Å². The number of Topliss-reactive ketones (excluding diaryl/α,β-unsaturated/α-hetero) is 1. The third kappa shape index (κ3) is 3.87. The first-order valence-electron chi connectivity index (χ1n) is 9.82. The standard InChI is InChI=1S/C22H25N3O2/c26-21(17-7-2-1-3-8-17)19-9-6-14-25(16-19)20-15-18(10-11-23-20)22(27)24-12-4-5-13-24/h1-3,7-8,10-11,15,19H,4-6,9,12-14,16H2. The van der Waals surface area contributed by atoms with Crippen molar-refractivity contribution in [1.82, 2.24) is 9.88 Å². The van der Waals surface area contributed by atoms with Gasteiger partial charge in [-0.05, 0) is 37.8 Å². The Bertz CT molecular complexity index is 815. The third-order valence-corrected chi connectivity index (χ3v) is 5.56. The van der Waals surface area contributed by atoms with E-state index in [1.54, 1.807) is 12.3 Å². The third-order valence-electron chi connectivity index (χ3n) is 5.56. The van der Waals surface area contributed by atoms with Crippen LogP contribution in [0.25, 0.3) is 0 Å². The molecule has 4 rings (SSSR count). The highest BCUT2D eigenvalue weighted by Gasteiger charge is 2.28. The molecule has 1 atom stereocenters. The average Bonchev–Trinajstić information content (AvgIpc) is 3.28. The van der Waals surface area contributed by atoms with Gasteiger partial charge in [0.05, 0.1) is 0 Å². The quantitative estimate of drug-likeness (QED) is 0.781. The zero-order chi connectivity index (χ0) is 18.6. The number of amides is 1. The Kier molecular flexibility index (Phi) is 5.19. The number of carbonyl (C=O) groups is 2. The molecule has 140 valence electrons. The molecule has 5 heteroatoms. The number of anilines is 1. The number of benzene rings is 1. The number of piperidine rings is 1. The highest BCUT2D eigenvalue weighted by atomic mass is 16.2. The Labute approximate surface area is 160 Å². The molecule has 1 aromatic carbocycles. The van der Waals surface area contributed by atoms with Gasteiger partial charge in [0.25, 0.3) is 5.91 Å². The summed E-state index contributed by atoms with van der Waals surface area (Å²) in [6.45, 7) is 3.21. The normalized spacial score (nSPS) is 19.9. The van der Waals surface area contributed by atoms with E-state index < -0.39 is 0 Å². The topological polar surface area (TPSA) is 53.5 Å². The zero-order valence-corrected chi connectivity index (χ0v) is 15.5. The lowest BCUT2D eigenvalue weighted by molar-refractivity contribution is 0.0792. The van der Waals surface area contributed by atoms with E-state index >= 15 is 0 Å². The minimum atomic E-state index is -0.0270. The van der Waals surface area contributed by atoms with Gasteiger partial charge in [-0.3, -0.25) is 9.59 Å². The molecule has 0 N–H and O–H groups in total. The molecule has 0 saturated carbocycles. The molecule has 3 heterocycles. The van der Waals surface area contributed by atoms with Crippen molar-refractivity contribution < 1.29 is 9.59 Å². The molecule has 2 aliphatic rings. The zero-order valence-electron chi connectivity index (χ0n) is 15.5. The molecule has 1 amide bonds. The Morgan fingerprint density at radius 2 is 1.70 bits per heavy atom. The first-order valence-corrected chi connectivity index (χ1v) is 9.82. The van der Waals surface area contributed by atoms with E-state index in [-0.39, 0.29) is 17.6 Å². The Morgan fingerprint density at radius 1 is 0.926 bits per heavy atom. The number of carbonyl (C=O) groups excluding carboxylic acids is 2. The van der Waals surface area contributed by atoms with Crippen LogP contribution in [0.3, 0.4) is 0 Å². The maximum atomic E-state index is 12.8. The highest BCUT2D eigenvalue weighted by Crippen LogP contribution is 2.25. The van der Waals surface area contributed by atoms with Crippen molar-refractivity contribution in [3.05, 3.63) is 59.8 Å². The minimum absolute atomic E-state index is 0.0270. The van der Waals surface area contributed by atoms with Gasteiger partial charge in [-0.2, -0.15) is 0 Å². The number of likely N-dealkylation sites (tertiary alicyclic amines) is 1. The van der Waals surface area contributed by atoms with E-state index in [2.05, 4.69) is 9.88 Å². The predicted molar refractivity (Wildman–Crippen MR) is 105 cm³/mol. The summed E-state index contributed by atoms with van der Waals surface area (Å²) < 4.78 is 0. The van der Waals surface area contributed by atoms with Crippen molar-refractivity contribution in [2.75, 3.05) is 31.1 Å². The molecule has 1 aromatic heterocycles. The second-order valence-electron chi connectivity index (χ2n) is 7.42. The van der Waals surface area contributed by atoms with E-state index in [1.807, 2.05) is 41.3 Å². The number of aromatic nitrogens is 1. The second-order valence-corrected chi connectivity index (χ2v) is 7.42. The molecular weight excluding hydrogens is 338 g/mol. The van der Waals surface area contributed by atoms with Gasteiger partial charge in [0, 0.05) is 49.4 Å². The molecule has 27 heavy (non-hydrogen) atoms. The van der Waals surface area contributed by atoms with E-state index in [1.165, 1.54) is 0 Å². The average molecular weight is 363 g/mol. The Balaban J connectivity index is 1.49. The molecule has 5 nitrogen and oxygen atoms in total. The summed E-state index contributed by atoms with van der Waals surface area (Å²) in [6.07, 6.45) is 5.73. The van der Waals surface area contributed by atoms with Crippen LogP contribution in [-0.4, -0.2) is 47.8 Å². The van der Waals surface area contributed by atoms with Gasteiger partial charge in [0.2, 0.25) is 0 Å². The molecule has 2 aliphatic heterocycles. The van der Waals surface area contributed by atoms with Crippen LogP contribution < -0.4 is 4.90 Å². The van der Waals surface area contributed by atoms with Crippen LogP contribution in [-0.2, 0) is 0 Å².